The first-order valence-corrected chi connectivity index (χ1v) is 8.62. The fraction of sp³-hybridized carbons (Fsp3) is 0.450. The Bertz CT molecular complexity index is 657. The van der Waals surface area contributed by atoms with Crippen molar-refractivity contribution in [3.05, 3.63) is 59.9 Å². The minimum atomic E-state index is 0.172. The SMILES string of the molecule is CC1(C)CN(Cc2cccc(OCc3ccccn3)c2)CCC1N. The van der Waals surface area contributed by atoms with Crippen LogP contribution in [0, 0.1) is 5.41 Å². The van der Waals surface area contributed by atoms with E-state index in [1.54, 1.807) is 6.20 Å². The van der Waals surface area contributed by atoms with Gasteiger partial charge in [0.2, 0.25) is 0 Å². The van der Waals surface area contributed by atoms with Crippen LogP contribution < -0.4 is 10.5 Å². The van der Waals surface area contributed by atoms with E-state index in [0.717, 1.165) is 37.5 Å². The van der Waals surface area contributed by atoms with Gasteiger partial charge in [-0.1, -0.05) is 32.0 Å². The predicted octanol–water partition coefficient (Wildman–Crippen LogP) is 3.22. The molecule has 1 aromatic carbocycles. The van der Waals surface area contributed by atoms with Crippen LogP contribution in [0.4, 0.5) is 0 Å². The van der Waals surface area contributed by atoms with E-state index in [2.05, 4.69) is 41.9 Å². The van der Waals surface area contributed by atoms with E-state index < -0.39 is 0 Å². The third kappa shape index (κ3) is 4.34. The van der Waals surface area contributed by atoms with Gasteiger partial charge in [0.05, 0.1) is 5.69 Å². The molecule has 0 saturated carbocycles. The number of aromatic nitrogens is 1. The second kappa shape index (κ2) is 7.32. The largest absolute Gasteiger partial charge is 0.487 e. The normalized spacial score (nSPS) is 20.7. The molecule has 24 heavy (non-hydrogen) atoms. The van der Waals surface area contributed by atoms with E-state index in [1.165, 1.54) is 5.56 Å². The third-order valence-corrected chi connectivity index (χ3v) is 4.81. The van der Waals surface area contributed by atoms with Gasteiger partial charge in [0.1, 0.15) is 12.4 Å². The highest BCUT2D eigenvalue weighted by atomic mass is 16.5. The van der Waals surface area contributed by atoms with Crippen LogP contribution in [0.5, 0.6) is 5.75 Å². The summed E-state index contributed by atoms with van der Waals surface area (Å²) in [6.45, 7) is 8.05. The molecule has 0 aliphatic carbocycles. The Balaban J connectivity index is 1.59. The highest BCUT2D eigenvalue weighted by Crippen LogP contribution is 2.29. The van der Waals surface area contributed by atoms with E-state index in [0.29, 0.717) is 12.6 Å². The summed E-state index contributed by atoms with van der Waals surface area (Å²) >= 11 is 0. The van der Waals surface area contributed by atoms with Crippen LogP contribution >= 0.6 is 0 Å². The summed E-state index contributed by atoms with van der Waals surface area (Å²) in [7, 11) is 0. The highest BCUT2D eigenvalue weighted by Gasteiger charge is 2.33. The van der Waals surface area contributed by atoms with Crippen LogP contribution in [0.15, 0.2) is 48.7 Å². The molecule has 1 aliphatic heterocycles. The summed E-state index contributed by atoms with van der Waals surface area (Å²) < 4.78 is 5.88. The molecule has 4 heteroatoms. The van der Waals surface area contributed by atoms with Crippen molar-refractivity contribution in [2.45, 2.75) is 39.5 Å². The summed E-state index contributed by atoms with van der Waals surface area (Å²) in [4.78, 5) is 6.78. The first-order valence-electron chi connectivity index (χ1n) is 8.62. The number of piperidine rings is 1. The first kappa shape index (κ1) is 16.9. The van der Waals surface area contributed by atoms with Gasteiger partial charge in [-0.15, -0.1) is 0 Å². The number of ether oxygens (including phenoxy) is 1. The van der Waals surface area contributed by atoms with Crippen LogP contribution in [0.25, 0.3) is 0 Å². The van der Waals surface area contributed by atoms with Gasteiger partial charge in [0, 0.05) is 31.9 Å². The van der Waals surface area contributed by atoms with Gasteiger partial charge < -0.3 is 10.5 Å². The fourth-order valence-electron chi connectivity index (χ4n) is 3.25. The lowest BCUT2D eigenvalue weighted by molar-refractivity contribution is 0.0898. The fourth-order valence-corrected chi connectivity index (χ4v) is 3.25. The van der Waals surface area contributed by atoms with Crippen molar-refractivity contribution in [1.82, 2.24) is 9.88 Å². The molecule has 3 rings (SSSR count). The van der Waals surface area contributed by atoms with E-state index in [-0.39, 0.29) is 5.41 Å². The lowest BCUT2D eigenvalue weighted by Crippen LogP contribution is -2.52. The number of hydrogen-bond acceptors (Lipinski definition) is 4. The maximum absolute atomic E-state index is 6.23. The molecule has 0 amide bonds. The monoisotopic (exact) mass is 325 g/mol. The molecule has 2 heterocycles. The summed E-state index contributed by atoms with van der Waals surface area (Å²) in [5.41, 5.74) is 8.62. The molecule has 1 unspecified atom stereocenters. The minimum absolute atomic E-state index is 0.172. The van der Waals surface area contributed by atoms with Crippen molar-refractivity contribution in [2.75, 3.05) is 13.1 Å². The Kier molecular flexibility index (Phi) is 5.17. The van der Waals surface area contributed by atoms with Gasteiger partial charge in [-0.25, -0.2) is 0 Å². The smallest absolute Gasteiger partial charge is 0.130 e. The Labute approximate surface area is 144 Å². The van der Waals surface area contributed by atoms with Crippen LogP contribution in [-0.4, -0.2) is 29.0 Å². The van der Waals surface area contributed by atoms with Crippen LogP contribution in [0.2, 0.25) is 0 Å². The zero-order valence-electron chi connectivity index (χ0n) is 14.6. The van der Waals surface area contributed by atoms with Crippen molar-refractivity contribution in [3.8, 4) is 5.75 Å². The molecular weight excluding hydrogens is 298 g/mol. The maximum atomic E-state index is 6.23. The molecule has 1 aromatic heterocycles. The molecule has 0 radical (unpaired) electrons. The van der Waals surface area contributed by atoms with Crippen molar-refractivity contribution in [1.29, 1.82) is 0 Å². The number of likely N-dealkylation sites (tertiary alicyclic amines) is 1. The zero-order valence-corrected chi connectivity index (χ0v) is 14.6. The zero-order chi connectivity index (χ0) is 17.0. The van der Waals surface area contributed by atoms with Gasteiger partial charge in [-0.05, 0) is 41.7 Å². The lowest BCUT2D eigenvalue weighted by atomic mass is 9.79. The van der Waals surface area contributed by atoms with E-state index >= 15 is 0 Å². The summed E-state index contributed by atoms with van der Waals surface area (Å²) in [6, 6.07) is 14.5. The Morgan fingerprint density at radius 2 is 2.12 bits per heavy atom. The first-order chi connectivity index (χ1) is 11.5. The van der Waals surface area contributed by atoms with Crippen molar-refractivity contribution < 1.29 is 4.74 Å². The molecule has 0 spiro atoms. The Morgan fingerprint density at radius 1 is 1.25 bits per heavy atom. The minimum Gasteiger partial charge on any atom is -0.487 e. The predicted molar refractivity (Wildman–Crippen MR) is 96.7 cm³/mol. The summed E-state index contributed by atoms with van der Waals surface area (Å²) in [5, 5.41) is 0. The lowest BCUT2D eigenvalue weighted by Gasteiger charge is -2.42. The van der Waals surface area contributed by atoms with Gasteiger partial charge >= 0.3 is 0 Å². The van der Waals surface area contributed by atoms with E-state index in [1.807, 2.05) is 24.3 Å². The molecule has 1 saturated heterocycles. The van der Waals surface area contributed by atoms with Crippen molar-refractivity contribution in [2.24, 2.45) is 11.1 Å². The number of nitrogens with two attached hydrogens (primary N) is 1. The van der Waals surface area contributed by atoms with Crippen molar-refractivity contribution >= 4 is 0 Å². The molecule has 1 aliphatic rings. The van der Waals surface area contributed by atoms with Crippen LogP contribution in [-0.2, 0) is 13.2 Å². The molecule has 1 atom stereocenters. The average molecular weight is 325 g/mol. The quantitative estimate of drug-likeness (QED) is 0.917. The number of benzene rings is 1. The number of nitrogens with zero attached hydrogens (tertiary/aromatic N) is 2. The molecule has 1 fully saturated rings. The maximum Gasteiger partial charge on any atom is 0.130 e. The number of hydrogen-bond donors (Lipinski definition) is 1. The molecule has 2 N–H and O–H groups in total. The summed E-state index contributed by atoms with van der Waals surface area (Å²) in [5.74, 6) is 0.895. The van der Waals surface area contributed by atoms with E-state index in [4.69, 9.17) is 10.5 Å². The third-order valence-electron chi connectivity index (χ3n) is 4.81. The van der Waals surface area contributed by atoms with Gasteiger partial charge in [-0.2, -0.15) is 0 Å². The number of rotatable bonds is 5. The second-order valence-corrected chi connectivity index (χ2v) is 7.35. The van der Waals surface area contributed by atoms with Gasteiger partial charge in [-0.3, -0.25) is 9.88 Å². The van der Waals surface area contributed by atoms with Crippen LogP contribution in [0.3, 0.4) is 0 Å². The molecular formula is C20H27N3O. The van der Waals surface area contributed by atoms with Gasteiger partial charge in [0.15, 0.2) is 0 Å². The average Bonchev–Trinajstić information content (AvgIpc) is 2.57. The highest BCUT2D eigenvalue weighted by molar-refractivity contribution is 5.28. The molecule has 128 valence electrons. The van der Waals surface area contributed by atoms with Crippen LogP contribution in [0.1, 0.15) is 31.5 Å². The molecule has 0 bridgehead atoms. The van der Waals surface area contributed by atoms with Gasteiger partial charge in [0.25, 0.3) is 0 Å². The molecule has 2 aromatic rings. The van der Waals surface area contributed by atoms with Crippen molar-refractivity contribution in [3.63, 3.8) is 0 Å². The van der Waals surface area contributed by atoms with E-state index in [9.17, 15) is 0 Å². The topological polar surface area (TPSA) is 51.4 Å². The Morgan fingerprint density at radius 3 is 2.88 bits per heavy atom. The second-order valence-electron chi connectivity index (χ2n) is 7.35. The Hall–Kier alpha value is -1.91. The summed E-state index contributed by atoms with van der Waals surface area (Å²) in [6.07, 6.45) is 2.85. The number of pyridine rings is 1. The standard InChI is InChI=1S/C20H27N3O/c1-20(2)15-23(11-9-19(20)21)13-16-6-5-8-18(12-16)24-14-17-7-3-4-10-22-17/h3-8,10,12,19H,9,11,13-15,21H2,1-2H3. The molecule has 4 nitrogen and oxygen atoms in total.